The van der Waals surface area contributed by atoms with Gasteiger partial charge in [0.15, 0.2) is 0 Å². The maximum atomic E-state index is 11.6. The number of nitrogens with one attached hydrogen (secondary N) is 1. The van der Waals surface area contributed by atoms with E-state index in [2.05, 4.69) is 35.7 Å². The van der Waals surface area contributed by atoms with Crippen molar-refractivity contribution in [2.75, 3.05) is 5.32 Å². The van der Waals surface area contributed by atoms with E-state index in [1.807, 2.05) is 6.07 Å². The highest BCUT2D eigenvalue weighted by Gasteiger charge is 2.41. The number of carboxylic acid groups (broad SMARTS) is 1. The van der Waals surface area contributed by atoms with Gasteiger partial charge in [0.2, 0.25) is 0 Å². The van der Waals surface area contributed by atoms with Crippen molar-refractivity contribution in [1.82, 2.24) is 0 Å². The molecule has 0 aromatic heterocycles. The molecule has 0 amide bonds. The van der Waals surface area contributed by atoms with Gasteiger partial charge in [-0.2, -0.15) is 0 Å². The number of benzene rings is 1. The van der Waals surface area contributed by atoms with Gasteiger partial charge in [0.05, 0.1) is 11.3 Å². The van der Waals surface area contributed by atoms with E-state index in [-0.39, 0.29) is 0 Å². The molecule has 3 nitrogen and oxygen atoms in total. The van der Waals surface area contributed by atoms with Crippen molar-refractivity contribution in [3.8, 4) is 0 Å². The average Bonchev–Trinajstić information content (AvgIpc) is 3.04. The number of fused-ring (bicyclic) bond motifs is 3. The van der Waals surface area contributed by atoms with E-state index in [9.17, 15) is 9.90 Å². The molecule has 0 unspecified atom stereocenters. The second-order valence-corrected chi connectivity index (χ2v) is 6.64. The van der Waals surface area contributed by atoms with Gasteiger partial charge in [-0.25, -0.2) is 4.79 Å². The van der Waals surface area contributed by atoms with Gasteiger partial charge in [-0.15, -0.1) is 0 Å². The van der Waals surface area contributed by atoms with Crippen LogP contribution >= 0.6 is 0 Å². The molecule has 0 saturated heterocycles. The number of para-hydroxylation sites is 1. The fourth-order valence-corrected chi connectivity index (χ4v) is 4.45. The van der Waals surface area contributed by atoms with Crippen LogP contribution in [-0.2, 0) is 0 Å². The highest BCUT2D eigenvalue weighted by Crippen LogP contribution is 2.48. The van der Waals surface area contributed by atoms with Crippen molar-refractivity contribution in [1.29, 1.82) is 0 Å². The van der Waals surface area contributed by atoms with Crippen LogP contribution in [0.15, 0.2) is 42.5 Å². The molecule has 1 heterocycles. The standard InChI is InChI=1S/C19H21NO2/c21-19(22)16-11-5-10-15-13-8-4-9-14(13)17(20-18(15)16)12-6-2-1-3-7-12/h1-2,4-5,8,10-14,17,20H,3,6-7,9H2,(H,21,22)/t12-,13-,14+,17+/m0/s1. The van der Waals surface area contributed by atoms with E-state index < -0.39 is 5.97 Å². The second kappa shape index (κ2) is 5.31. The van der Waals surface area contributed by atoms with Crippen molar-refractivity contribution >= 4 is 11.7 Å². The second-order valence-electron chi connectivity index (χ2n) is 6.64. The summed E-state index contributed by atoms with van der Waals surface area (Å²) in [5.74, 6) is 0.693. The molecule has 2 N–H and O–H groups in total. The first-order chi connectivity index (χ1) is 10.8. The molecule has 0 bridgehead atoms. The normalized spacial score (nSPS) is 32.2. The van der Waals surface area contributed by atoms with Crippen LogP contribution in [0, 0.1) is 11.8 Å². The van der Waals surface area contributed by atoms with Crippen LogP contribution in [0.1, 0.15) is 47.5 Å². The van der Waals surface area contributed by atoms with Gasteiger partial charge >= 0.3 is 5.97 Å². The number of hydrogen-bond donors (Lipinski definition) is 2. The van der Waals surface area contributed by atoms with E-state index in [0.717, 1.165) is 30.5 Å². The quantitative estimate of drug-likeness (QED) is 0.804. The molecule has 114 valence electrons. The lowest BCUT2D eigenvalue weighted by Crippen LogP contribution is -2.42. The molecule has 1 aromatic carbocycles. The van der Waals surface area contributed by atoms with Crippen molar-refractivity contribution < 1.29 is 9.90 Å². The summed E-state index contributed by atoms with van der Waals surface area (Å²) in [4.78, 5) is 11.6. The van der Waals surface area contributed by atoms with Gasteiger partial charge in [0, 0.05) is 12.0 Å². The number of carboxylic acids is 1. The average molecular weight is 295 g/mol. The molecule has 0 fully saturated rings. The Balaban J connectivity index is 1.76. The van der Waals surface area contributed by atoms with Crippen LogP contribution in [0.2, 0.25) is 0 Å². The Bertz CT molecular complexity index is 661. The van der Waals surface area contributed by atoms with Crippen LogP contribution in [0.5, 0.6) is 0 Å². The van der Waals surface area contributed by atoms with Gasteiger partial charge in [-0.05, 0) is 49.1 Å². The maximum absolute atomic E-state index is 11.6. The van der Waals surface area contributed by atoms with E-state index in [4.69, 9.17) is 0 Å². The fourth-order valence-electron chi connectivity index (χ4n) is 4.45. The van der Waals surface area contributed by atoms with Gasteiger partial charge in [0.1, 0.15) is 0 Å². The largest absolute Gasteiger partial charge is 0.478 e. The Kier molecular flexibility index (Phi) is 3.29. The van der Waals surface area contributed by atoms with Gasteiger partial charge < -0.3 is 10.4 Å². The number of allylic oxidation sites excluding steroid dienone is 4. The third-order valence-corrected chi connectivity index (χ3v) is 5.49. The van der Waals surface area contributed by atoms with Crippen molar-refractivity contribution in [2.24, 2.45) is 11.8 Å². The molecule has 1 aromatic rings. The van der Waals surface area contributed by atoms with E-state index >= 15 is 0 Å². The lowest BCUT2D eigenvalue weighted by atomic mass is 9.71. The summed E-state index contributed by atoms with van der Waals surface area (Å²) >= 11 is 0. The number of aromatic carboxylic acids is 1. The summed E-state index contributed by atoms with van der Waals surface area (Å²) in [7, 11) is 0. The predicted molar refractivity (Wildman–Crippen MR) is 87.3 cm³/mol. The summed E-state index contributed by atoms with van der Waals surface area (Å²) in [6, 6.07) is 6.04. The first kappa shape index (κ1) is 13.6. The van der Waals surface area contributed by atoms with Crippen LogP contribution in [0.4, 0.5) is 5.69 Å². The highest BCUT2D eigenvalue weighted by atomic mass is 16.4. The molecular formula is C19H21NO2. The van der Waals surface area contributed by atoms with Crippen LogP contribution in [-0.4, -0.2) is 17.1 Å². The third kappa shape index (κ3) is 2.07. The number of rotatable bonds is 2. The Morgan fingerprint density at radius 2 is 2.09 bits per heavy atom. The topological polar surface area (TPSA) is 49.3 Å². The van der Waals surface area contributed by atoms with Crippen molar-refractivity contribution in [3.05, 3.63) is 53.6 Å². The van der Waals surface area contributed by atoms with E-state index in [1.54, 1.807) is 6.07 Å². The molecule has 2 aliphatic carbocycles. The van der Waals surface area contributed by atoms with Crippen LogP contribution in [0.3, 0.4) is 0 Å². The molecular weight excluding hydrogens is 274 g/mol. The fraction of sp³-hybridized carbons (Fsp3) is 0.421. The molecule has 1 aliphatic heterocycles. The number of anilines is 1. The number of hydrogen-bond acceptors (Lipinski definition) is 2. The Morgan fingerprint density at radius 3 is 2.86 bits per heavy atom. The first-order valence-corrected chi connectivity index (χ1v) is 8.20. The van der Waals surface area contributed by atoms with Gasteiger partial charge in [0.25, 0.3) is 0 Å². The maximum Gasteiger partial charge on any atom is 0.337 e. The van der Waals surface area contributed by atoms with E-state index in [1.165, 1.54) is 6.42 Å². The first-order valence-electron chi connectivity index (χ1n) is 8.20. The zero-order chi connectivity index (χ0) is 15.1. The monoisotopic (exact) mass is 295 g/mol. The Morgan fingerprint density at radius 1 is 1.18 bits per heavy atom. The van der Waals surface area contributed by atoms with E-state index in [0.29, 0.717) is 29.4 Å². The summed E-state index contributed by atoms with van der Waals surface area (Å²) in [5, 5.41) is 13.1. The minimum Gasteiger partial charge on any atom is -0.478 e. The molecule has 3 aliphatic rings. The van der Waals surface area contributed by atoms with Gasteiger partial charge in [-0.3, -0.25) is 0 Å². The summed E-state index contributed by atoms with van der Waals surface area (Å²) in [6.07, 6.45) is 13.6. The molecule has 3 heteroatoms. The molecule has 0 saturated carbocycles. The summed E-state index contributed by atoms with van der Waals surface area (Å²) in [5.41, 5.74) is 2.41. The Labute approximate surface area is 130 Å². The summed E-state index contributed by atoms with van der Waals surface area (Å²) < 4.78 is 0. The minimum absolute atomic E-state index is 0.367. The smallest absolute Gasteiger partial charge is 0.337 e. The lowest BCUT2D eigenvalue weighted by Gasteiger charge is -2.42. The predicted octanol–water partition coefficient (Wildman–Crippen LogP) is 4.19. The zero-order valence-electron chi connectivity index (χ0n) is 12.5. The number of carbonyl (C=O) groups is 1. The van der Waals surface area contributed by atoms with Gasteiger partial charge in [-0.1, -0.05) is 36.4 Å². The van der Waals surface area contributed by atoms with Crippen molar-refractivity contribution in [3.63, 3.8) is 0 Å². The van der Waals surface area contributed by atoms with Crippen LogP contribution in [0.25, 0.3) is 0 Å². The minimum atomic E-state index is -0.841. The SMILES string of the molecule is O=C(O)c1cccc2c1N[C@H]([C@H]1CC=CCC1)[C@@H]1CC=C[C@H]21. The van der Waals surface area contributed by atoms with Crippen LogP contribution < -0.4 is 5.32 Å². The molecule has 0 spiro atoms. The van der Waals surface area contributed by atoms with Crippen molar-refractivity contribution in [2.45, 2.75) is 37.6 Å². The molecule has 4 atom stereocenters. The molecule has 22 heavy (non-hydrogen) atoms. The summed E-state index contributed by atoms with van der Waals surface area (Å²) in [6.45, 7) is 0. The molecule has 4 rings (SSSR count). The third-order valence-electron chi connectivity index (χ3n) is 5.49. The molecule has 0 radical (unpaired) electrons. The zero-order valence-corrected chi connectivity index (χ0v) is 12.5. The highest BCUT2D eigenvalue weighted by molar-refractivity contribution is 5.95. The Hall–Kier alpha value is -2.03. The lowest BCUT2D eigenvalue weighted by molar-refractivity contribution is 0.0697.